The number of aliphatic hydroxyl groups is 1. The fourth-order valence-corrected chi connectivity index (χ4v) is 5.79. The van der Waals surface area contributed by atoms with Gasteiger partial charge in [-0.3, -0.25) is 9.59 Å². The van der Waals surface area contributed by atoms with E-state index < -0.39 is 29.6 Å². The fraction of sp³-hybridized carbons (Fsp3) is 0.682. The molecule has 6 atom stereocenters. The van der Waals surface area contributed by atoms with E-state index in [1.807, 2.05) is 19.9 Å². The van der Waals surface area contributed by atoms with Crippen molar-refractivity contribution >= 4 is 17.9 Å². The van der Waals surface area contributed by atoms with Crippen LogP contribution in [0.1, 0.15) is 59.8 Å². The molecule has 1 aliphatic heterocycles. The van der Waals surface area contributed by atoms with Crippen molar-refractivity contribution in [1.29, 1.82) is 0 Å². The monoisotopic (exact) mass is 406 g/mol. The zero-order chi connectivity index (χ0) is 21.6. The van der Waals surface area contributed by atoms with E-state index in [1.54, 1.807) is 0 Å². The molecule has 160 valence electrons. The molecular formula is C22H30O7. The van der Waals surface area contributed by atoms with Gasteiger partial charge in [0.15, 0.2) is 0 Å². The second kappa shape index (κ2) is 7.59. The van der Waals surface area contributed by atoms with Crippen LogP contribution >= 0.6 is 0 Å². The summed E-state index contributed by atoms with van der Waals surface area (Å²) in [5, 5.41) is 19.9. The van der Waals surface area contributed by atoms with Crippen molar-refractivity contribution in [2.75, 3.05) is 0 Å². The van der Waals surface area contributed by atoms with Gasteiger partial charge >= 0.3 is 17.9 Å². The van der Waals surface area contributed by atoms with E-state index in [-0.39, 0.29) is 23.4 Å². The van der Waals surface area contributed by atoms with E-state index >= 15 is 0 Å². The lowest BCUT2D eigenvalue weighted by atomic mass is 9.46. The molecule has 7 heteroatoms. The van der Waals surface area contributed by atoms with E-state index in [0.717, 1.165) is 12.0 Å². The number of carboxylic acid groups (broad SMARTS) is 1. The molecule has 3 rings (SSSR count). The Hall–Kier alpha value is -2.15. The number of hydrogen-bond acceptors (Lipinski definition) is 6. The first kappa shape index (κ1) is 21.6. The maximum absolute atomic E-state index is 12.2. The Bertz CT molecular complexity index is 782. The standard InChI is InChI=1S/C22H30O7/c1-12-9-15(28-13(2)23)11-17-21(12,3)8-6-16(19(25)26)22(17,4)7-5-14-10-18(24)29-20(14)27/h9-10,15-17,20,27H,5-8,11H2,1-4H3,(H,25,26)/t15-,16-,17-,20+,21-,22-/m0/s1. The Labute approximate surface area is 170 Å². The molecule has 29 heavy (non-hydrogen) atoms. The lowest BCUT2D eigenvalue weighted by Gasteiger charge is -2.58. The predicted octanol–water partition coefficient (Wildman–Crippen LogP) is 2.97. The zero-order valence-corrected chi connectivity index (χ0v) is 17.4. The number of carbonyl (C=O) groups excluding carboxylic acids is 2. The van der Waals surface area contributed by atoms with Gasteiger partial charge in [-0.1, -0.05) is 19.4 Å². The van der Waals surface area contributed by atoms with Crippen LogP contribution in [0.3, 0.4) is 0 Å². The summed E-state index contributed by atoms with van der Waals surface area (Å²) in [6.45, 7) is 7.56. The number of carbonyl (C=O) groups is 3. The van der Waals surface area contributed by atoms with E-state index in [1.165, 1.54) is 13.0 Å². The molecule has 1 fully saturated rings. The molecule has 0 amide bonds. The van der Waals surface area contributed by atoms with Crippen molar-refractivity contribution in [3.63, 3.8) is 0 Å². The topological polar surface area (TPSA) is 110 Å². The molecule has 0 radical (unpaired) electrons. The van der Waals surface area contributed by atoms with E-state index in [2.05, 4.69) is 6.92 Å². The number of carboxylic acids is 1. The van der Waals surface area contributed by atoms with Crippen molar-refractivity contribution in [2.24, 2.45) is 22.7 Å². The highest BCUT2D eigenvalue weighted by Crippen LogP contribution is 2.62. The van der Waals surface area contributed by atoms with Gasteiger partial charge in [0.25, 0.3) is 0 Å². The molecule has 2 aliphatic carbocycles. The van der Waals surface area contributed by atoms with Gasteiger partial charge in [0, 0.05) is 18.6 Å². The van der Waals surface area contributed by atoms with E-state index in [4.69, 9.17) is 9.47 Å². The average Bonchev–Trinajstić information content (AvgIpc) is 2.92. The molecule has 0 aromatic heterocycles. The minimum Gasteiger partial charge on any atom is -0.481 e. The van der Waals surface area contributed by atoms with Gasteiger partial charge in [-0.2, -0.15) is 0 Å². The summed E-state index contributed by atoms with van der Waals surface area (Å²) in [4.78, 5) is 35.1. The normalized spacial score (nSPS) is 39.1. The molecule has 2 N–H and O–H groups in total. The highest BCUT2D eigenvalue weighted by Gasteiger charge is 2.57. The van der Waals surface area contributed by atoms with Crippen LogP contribution < -0.4 is 0 Å². The van der Waals surface area contributed by atoms with Crippen LogP contribution in [0.4, 0.5) is 0 Å². The Balaban J connectivity index is 1.94. The summed E-state index contributed by atoms with van der Waals surface area (Å²) < 4.78 is 10.2. The number of aliphatic hydroxyl groups excluding tert-OH is 1. The van der Waals surface area contributed by atoms with Gasteiger partial charge in [0.05, 0.1) is 5.92 Å². The highest BCUT2D eigenvalue weighted by atomic mass is 16.6. The predicted molar refractivity (Wildman–Crippen MR) is 103 cm³/mol. The van der Waals surface area contributed by atoms with Crippen molar-refractivity contribution < 1.29 is 34.1 Å². The first-order chi connectivity index (χ1) is 13.5. The molecule has 0 aromatic carbocycles. The van der Waals surface area contributed by atoms with Gasteiger partial charge < -0.3 is 19.7 Å². The van der Waals surface area contributed by atoms with Crippen molar-refractivity contribution in [3.05, 3.63) is 23.3 Å². The summed E-state index contributed by atoms with van der Waals surface area (Å²) in [7, 11) is 0. The molecule has 0 bridgehead atoms. The number of esters is 2. The minimum atomic E-state index is -1.26. The summed E-state index contributed by atoms with van der Waals surface area (Å²) in [5.74, 6) is -2.34. The van der Waals surface area contributed by atoms with Gasteiger partial charge in [-0.05, 0) is 61.9 Å². The molecule has 1 heterocycles. The second-order valence-corrected chi connectivity index (χ2v) is 9.15. The van der Waals surface area contributed by atoms with Gasteiger partial charge in [0.1, 0.15) is 6.10 Å². The molecule has 0 saturated heterocycles. The molecule has 0 unspecified atom stereocenters. The van der Waals surface area contributed by atoms with Crippen LogP contribution in [0, 0.1) is 22.7 Å². The third-order valence-corrected chi connectivity index (χ3v) is 7.53. The number of rotatable bonds is 5. The van der Waals surface area contributed by atoms with E-state index in [0.29, 0.717) is 31.3 Å². The smallest absolute Gasteiger partial charge is 0.333 e. The maximum atomic E-state index is 12.2. The Morgan fingerprint density at radius 2 is 2.03 bits per heavy atom. The summed E-state index contributed by atoms with van der Waals surface area (Å²) in [6, 6.07) is 0. The van der Waals surface area contributed by atoms with Crippen LogP contribution in [0.15, 0.2) is 23.3 Å². The largest absolute Gasteiger partial charge is 0.481 e. The SMILES string of the molecule is CC(=O)O[C@H]1C=C(C)[C@]2(C)CC[C@@H](C(=O)O)[C@](C)(CCC3=CC(=O)O[C@H]3O)[C@H]2C1. The first-order valence-corrected chi connectivity index (χ1v) is 10.2. The van der Waals surface area contributed by atoms with Crippen LogP contribution in [-0.2, 0) is 23.9 Å². The molecule has 0 spiro atoms. The summed E-state index contributed by atoms with van der Waals surface area (Å²) >= 11 is 0. The Morgan fingerprint density at radius 3 is 2.59 bits per heavy atom. The number of ether oxygens (including phenoxy) is 2. The van der Waals surface area contributed by atoms with E-state index in [9.17, 15) is 24.6 Å². The lowest BCUT2D eigenvalue weighted by molar-refractivity contribution is -0.162. The quantitative estimate of drug-likeness (QED) is 0.533. The molecule has 1 saturated carbocycles. The minimum absolute atomic E-state index is 0.0186. The molecule has 7 nitrogen and oxygen atoms in total. The number of cyclic esters (lactones) is 1. The van der Waals surface area contributed by atoms with Gasteiger partial charge in [0.2, 0.25) is 6.29 Å². The number of fused-ring (bicyclic) bond motifs is 1. The second-order valence-electron chi connectivity index (χ2n) is 9.15. The zero-order valence-electron chi connectivity index (χ0n) is 17.4. The summed E-state index contributed by atoms with van der Waals surface area (Å²) in [6.07, 6.45) is 4.39. The van der Waals surface area contributed by atoms with Crippen LogP contribution in [-0.4, -0.2) is 40.5 Å². The van der Waals surface area contributed by atoms with Crippen molar-refractivity contribution in [2.45, 2.75) is 72.2 Å². The number of hydrogen-bond donors (Lipinski definition) is 2. The Kier molecular flexibility index (Phi) is 5.64. The average molecular weight is 406 g/mol. The molecule has 3 aliphatic rings. The highest BCUT2D eigenvalue weighted by molar-refractivity contribution is 5.85. The molecule has 0 aromatic rings. The number of aliphatic carboxylic acids is 1. The van der Waals surface area contributed by atoms with Crippen LogP contribution in [0.25, 0.3) is 0 Å². The van der Waals surface area contributed by atoms with Crippen molar-refractivity contribution in [3.8, 4) is 0 Å². The maximum Gasteiger partial charge on any atom is 0.333 e. The van der Waals surface area contributed by atoms with Gasteiger partial charge in [-0.25, -0.2) is 4.79 Å². The van der Waals surface area contributed by atoms with Crippen LogP contribution in [0.2, 0.25) is 0 Å². The van der Waals surface area contributed by atoms with Crippen LogP contribution in [0.5, 0.6) is 0 Å². The third-order valence-electron chi connectivity index (χ3n) is 7.53. The summed E-state index contributed by atoms with van der Waals surface area (Å²) in [5.41, 5.74) is 0.812. The number of allylic oxidation sites excluding steroid dienone is 1. The fourth-order valence-electron chi connectivity index (χ4n) is 5.79. The third kappa shape index (κ3) is 3.84. The Morgan fingerprint density at radius 1 is 1.34 bits per heavy atom. The van der Waals surface area contributed by atoms with Gasteiger partial charge in [-0.15, -0.1) is 0 Å². The van der Waals surface area contributed by atoms with Crippen molar-refractivity contribution in [1.82, 2.24) is 0 Å². The first-order valence-electron chi connectivity index (χ1n) is 10.2. The lowest BCUT2D eigenvalue weighted by Crippen LogP contribution is -2.54. The molecular weight excluding hydrogens is 376 g/mol.